The third kappa shape index (κ3) is 3.23. The maximum Gasteiger partial charge on any atom is 0.0686 e. The fraction of sp³-hybridized carbons (Fsp3) is 0.636. The zero-order valence-corrected chi connectivity index (χ0v) is 8.75. The van der Waals surface area contributed by atoms with Gasteiger partial charge in [0, 0.05) is 18.8 Å². The van der Waals surface area contributed by atoms with Crippen LogP contribution in [0.25, 0.3) is 0 Å². The summed E-state index contributed by atoms with van der Waals surface area (Å²) in [6.07, 6.45) is 5.24. The molecule has 0 saturated carbocycles. The van der Waals surface area contributed by atoms with Crippen LogP contribution in [0.2, 0.25) is 0 Å². The zero-order valence-electron chi connectivity index (χ0n) is 8.75. The molecule has 2 heteroatoms. The molecule has 1 aliphatic heterocycles. The highest BCUT2D eigenvalue weighted by molar-refractivity contribution is 5.22. The second-order valence-electron chi connectivity index (χ2n) is 3.82. The second kappa shape index (κ2) is 4.47. The summed E-state index contributed by atoms with van der Waals surface area (Å²) in [6, 6.07) is 0. The normalized spacial score (nSPS) is 20.5. The van der Waals surface area contributed by atoms with Gasteiger partial charge in [0.1, 0.15) is 0 Å². The lowest BCUT2D eigenvalue weighted by Gasteiger charge is -2.25. The molecule has 13 heavy (non-hydrogen) atoms. The molecule has 1 rings (SSSR count). The zero-order chi connectivity index (χ0) is 9.84. The molecule has 0 radical (unpaired) electrons. The van der Waals surface area contributed by atoms with Crippen LogP contribution < -0.4 is 0 Å². The Balaban J connectivity index is 2.63. The minimum atomic E-state index is -0.248. The van der Waals surface area contributed by atoms with Gasteiger partial charge in [-0.15, -0.1) is 0 Å². The van der Waals surface area contributed by atoms with Crippen LogP contribution in [-0.4, -0.2) is 29.2 Å². The molecule has 2 nitrogen and oxygen atoms in total. The molecule has 1 aliphatic rings. The monoisotopic (exact) mass is 181 g/mol. The molecule has 0 saturated heterocycles. The number of β-amino-alcohol motifs (C(OH)–C–C–N with tert-alkyl or cyclic N) is 1. The fourth-order valence-electron chi connectivity index (χ4n) is 1.66. The summed E-state index contributed by atoms with van der Waals surface area (Å²) in [4.78, 5) is 2.23. The summed E-state index contributed by atoms with van der Waals surface area (Å²) in [7, 11) is 0. The molecule has 0 aliphatic carbocycles. The number of hydrogen-bond donors (Lipinski definition) is 1. The Bertz CT molecular complexity index is 228. The highest BCUT2D eigenvalue weighted by atomic mass is 16.3. The highest BCUT2D eigenvalue weighted by Crippen LogP contribution is 2.14. The minimum absolute atomic E-state index is 0.248. The van der Waals surface area contributed by atoms with E-state index in [1.165, 1.54) is 11.3 Å². The van der Waals surface area contributed by atoms with Gasteiger partial charge in [0.2, 0.25) is 0 Å². The number of rotatable bonds is 2. The Morgan fingerprint density at radius 2 is 2.23 bits per heavy atom. The van der Waals surface area contributed by atoms with E-state index in [9.17, 15) is 5.11 Å². The molecule has 1 atom stereocenters. The van der Waals surface area contributed by atoms with Gasteiger partial charge in [0.15, 0.2) is 0 Å². The predicted molar refractivity (Wildman–Crippen MR) is 55.4 cm³/mol. The standard InChI is InChI=1S/C11H19NO/c1-9-5-4-6-12(8-11(3)13)10(2)7-9/h5,7,11,13H,4,6,8H2,1-3H3/t11-/m1/s1. The summed E-state index contributed by atoms with van der Waals surface area (Å²) >= 11 is 0. The average Bonchev–Trinajstić information content (AvgIpc) is 2.13. The average molecular weight is 181 g/mol. The van der Waals surface area contributed by atoms with E-state index in [0.717, 1.165) is 19.5 Å². The lowest BCUT2D eigenvalue weighted by Crippen LogP contribution is -2.29. The van der Waals surface area contributed by atoms with Crippen molar-refractivity contribution in [3.05, 3.63) is 23.4 Å². The van der Waals surface area contributed by atoms with Crippen molar-refractivity contribution in [1.82, 2.24) is 4.90 Å². The predicted octanol–water partition coefficient (Wildman–Crippen LogP) is 1.92. The number of aliphatic hydroxyl groups excluding tert-OH is 1. The SMILES string of the molecule is CC1=CCCN(C[C@@H](C)O)C(C)=C1. The van der Waals surface area contributed by atoms with Crippen LogP contribution in [0, 0.1) is 0 Å². The molecular formula is C11H19NO. The van der Waals surface area contributed by atoms with Crippen LogP contribution in [0.1, 0.15) is 27.2 Å². The molecule has 0 amide bonds. The Labute approximate surface area is 80.6 Å². The summed E-state index contributed by atoms with van der Waals surface area (Å²) in [5, 5.41) is 9.29. The molecule has 0 spiro atoms. The lowest BCUT2D eigenvalue weighted by atomic mass is 10.2. The Kier molecular flexibility index (Phi) is 3.55. The van der Waals surface area contributed by atoms with Crippen molar-refractivity contribution >= 4 is 0 Å². The van der Waals surface area contributed by atoms with Crippen LogP contribution in [0.5, 0.6) is 0 Å². The van der Waals surface area contributed by atoms with Crippen LogP contribution >= 0.6 is 0 Å². The van der Waals surface area contributed by atoms with Gasteiger partial charge < -0.3 is 10.0 Å². The highest BCUT2D eigenvalue weighted by Gasteiger charge is 2.09. The van der Waals surface area contributed by atoms with Crippen LogP contribution in [0.4, 0.5) is 0 Å². The third-order valence-corrected chi connectivity index (χ3v) is 2.29. The van der Waals surface area contributed by atoms with Gasteiger partial charge in [0.05, 0.1) is 6.10 Å². The van der Waals surface area contributed by atoms with E-state index >= 15 is 0 Å². The molecule has 0 unspecified atom stereocenters. The molecule has 0 fully saturated rings. The smallest absolute Gasteiger partial charge is 0.0686 e. The third-order valence-electron chi connectivity index (χ3n) is 2.29. The van der Waals surface area contributed by atoms with Gasteiger partial charge in [-0.05, 0) is 33.3 Å². The quantitative estimate of drug-likeness (QED) is 0.703. The van der Waals surface area contributed by atoms with E-state index in [1.807, 2.05) is 6.92 Å². The minimum Gasteiger partial charge on any atom is -0.392 e. The fourth-order valence-corrected chi connectivity index (χ4v) is 1.66. The van der Waals surface area contributed by atoms with Crippen molar-refractivity contribution in [3.8, 4) is 0 Å². The summed E-state index contributed by atoms with van der Waals surface area (Å²) in [6.45, 7) is 7.81. The van der Waals surface area contributed by atoms with Crippen molar-refractivity contribution < 1.29 is 5.11 Å². The van der Waals surface area contributed by atoms with Crippen molar-refractivity contribution in [2.24, 2.45) is 0 Å². The van der Waals surface area contributed by atoms with Gasteiger partial charge in [-0.2, -0.15) is 0 Å². The Morgan fingerprint density at radius 1 is 1.54 bits per heavy atom. The second-order valence-corrected chi connectivity index (χ2v) is 3.82. The largest absolute Gasteiger partial charge is 0.392 e. The molecule has 0 aromatic rings. The first-order valence-corrected chi connectivity index (χ1v) is 4.87. The summed E-state index contributed by atoms with van der Waals surface area (Å²) < 4.78 is 0. The van der Waals surface area contributed by atoms with E-state index in [-0.39, 0.29) is 6.10 Å². The van der Waals surface area contributed by atoms with Crippen molar-refractivity contribution in [2.75, 3.05) is 13.1 Å². The van der Waals surface area contributed by atoms with E-state index in [2.05, 4.69) is 30.9 Å². The van der Waals surface area contributed by atoms with E-state index in [0.29, 0.717) is 0 Å². The topological polar surface area (TPSA) is 23.5 Å². The molecule has 0 aromatic heterocycles. The first-order chi connectivity index (χ1) is 6.09. The number of hydrogen-bond acceptors (Lipinski definition) is 2. The van der Waals surface area contributed by atoms with Crippen LogP contribution in [0.15, 0.2) is 23.4 Å². The maximum atomic E-state index is 9.29. The molecule has 1 N–H and O–H groups in total. The van der Waals surface area contributed by atoms with Crippen molar-refractivity contribution in [1.29, 1.82) is 0 Å². The van der Waals surface area contributed by atoms with Crippen LogP contribution in [0.3, 0.4) is 0 Å². The first-order valence-electron chi connectivity index (χ1n) is 4.87. The number of allylic oxidation sites excluding steroid dienone is 3. The van der Waals surface area contributed by atoms with Gasteiger partial charge in [-0.1, -0.05) is 11.6 Å². The van der Waals surface area contributed by atoms with Crippen LogP contribution in [-0.2, 0) is 0 Å². The first kappa shape index (κ1) is 10.3. The molecule has 1 heterocycles. The Morgan fingerprint density at radius 3 is 2.85 bits per heavy atom. The van der Waals surface area contributed by atoms with Gasteiger partial charge in [0.25, 0.3) is 0 Å². The summed E-state index contributed by atoms with van der Waals surface area (Å²) in [5.74, 6) is 0. The number of nitrogens with zero attached hydrogens (tertiary/aromatic N) is 1. The molecule has 74 valence electrons. The molecular weight excluding hydrogens is 162 g/mol. The van der Waals surface area contributed by atoms with Crippen molar-refractivity contribution in [2.45, 2.75) is 33.3 Å². The van der Waals surface area contributed by atoms with Gasteiger partial charge in [-0.25, -0.2) is 0 Å². The summed E-state index contributed by atoms with van der Waals surface area (Å²) in [5.41, 5.74) is 2.58. The lowest BCUT2D eigenvalue weighted by molar-refractivity contribution is 0.146. The van der Waals surface area contributed by atoms with E-state index in [4.69, 9.17) is 0 Å². The number of aliphatic hydroxyl groups is 1. The molecule has 0 bridgehead atoms. The van der Waals surface area contributed by atoms with E-state index in [1.54, 1.807) is 0 Å². The van der Waals surface area contributed by atoms with Gasteiger partial charge in [-0.3, -0.25) is 0 Å². The van der Waals surface area contributed by atoms with E-state index < -0.39 is 0 Å². The van der Waals surface area contributed by atoms with Gasteiger partial charge >= 0.3 is 0 Å². The van der Waals surface area contributed by atoms with Crippen molar-refractivity contribution in [3.63, 3.8) is 0 Å². The molecule has 0 aromatic carbocycles. The maximum absolute atomic E-state index is 9.29. The Hall–Kier alpha value is -0.760.